The van der Waals surface area contributed by atoms with Crippen LogP contribution in [0.1, 0.15) is 0 Å². The van der Waals surface area contributed by atoms with E-state index < -0.39 is 0 Å². The van der Waals surface area contributed by atoms with Crippen molar-refractivity contribution in [1.82, 2.24) is 5.16 Å². The number of nitrogens with zero attached hydrogens (tertiary/aromatic N) is 1. The minimum Gasteiger partial charge on any atom is -0.468 e. The minimum absolute atomic E-state index is 0.0204. The lowest BCUT2D eigenvalue weighted by Crippen LogP contribution is -1.96. The molecule has 0 saturated carbocycles. The Hall–Kier alpha value is -1.32. The smallest absolute Gasteiger partial charge is 0.254 e. The molecule has 1 aromatic heterocycles. The molecule has 0 aliphatic rings. The molecule has 0 aliphatic heterocycles. The molecule has 0 amide bonds. The summed E-state index contributed by atoms with van der Waals surface area (Å²) in [6.07, 6.45) is 2.02. The van der Waals surface area contributed by atoms with Crippen LogP contribution in [0.2, 0.25) is 0 Å². The van der Waals surface area contributed by atoms with Crippen molar-refractivity contribution in [3.8, 4) is 5.88 Å². The van der Waals surface area contributed by atoms with E-state index in [-0.39, 0.29) is 6.61 Å². The zero-order chi connectivity index (χ0) is 6.53. The maximum absolute atomic E-state index is 9.72. The van der Waals surface area contributed by atoms with Crippen LogP contribution in [0, 0.1) is 0 Å². The number of ether oxygens (including phenoxy) is 1. The standard InChI is InChI=1S/C5H5NO3/c7-2-4-8-5-1-3-9-6-5/h1-3H,4H2. The predicted molar refractivity (Wildman–Crippen MR) is 28.1 cm³/mol. The van der Waals surface area contributed by atoms with Crippen LogP contribution in [0.4, 0.5) is 0 Å². The molecule has 0 spiro atoms. The van der Waals surface area contributed by atoms with Gasteiger partial charge >= 0.3 is 0 Å². The van der Waals surface area contributed by atoms with Gasteiger partial charge in [-0.15, -0.1) is 0 Å². The average molecular weight is 127 g/mol. The Morgan fingerprint density at radius 3 is 3.33 bits per heavy atom. The Labute approximate surface area is 51.4 Å². The van der Waals surface area contributed by atoms with E-state index in [2.05, 4.69) is 9.68 Å². The molecular weight excluding hydrogens is 122 g/mol. The first-order chi connectivity index (χ1) is 4.43. The summed E-state index contributed by atoms with van der Waals surface area (Å²) in [5.74, 6) is 0.335. The predicted octanol–water partition coefficient (Wildman–Crippen LogP) is 0.252. The summed E-state index contributed by atoms with van der Waals surface area (Å²) in [5, 5.41) is 3.40. The van der Waals surface area contributed by atoms with Gasteiger partial charge in [0.1, 0.15) is 12.9 Å². The molecule has 48 valence electrons. The van der Waals surface area contributed by atoms with E-state index in [9.17, 15) is 4.79 Å². The number of rotatable bonds is 3. The Morgan fingerprint density at radius 1 is 1.89 bits per heavy atom. The highest BCUT2D eigenvalue weighted by atomic mass is 16.5. The van der Waals surface area contributed by atoms with E-state index in [1.807, 2.05) is 0 Å². The van der Waals surface area contributed by atoms with Gasteiger partial charge in [-0.2, -0.15) is 0 Å². The Bertz CT molecular complexity index is 170. The third-order valence-corrected chi connectivity index (χ3v) is 0.713. The molecular formula is C5H5NO3. The van der Waals surface area contributed by atoms with Gasteiger partial charge in [0.25, 0.3) is 5.88 Å². The summed E-state index contributed by atoms with van der Waals surface area (Å²) in [7, 11) is 0. The second kappa shape index (κ2) is 2.86. The molecule has 1 aromatic rings. The maximum Gasteiger partial charge on any atom is 0.254 e. The van der Waals surface area contributed by atoms with Crippen LogP contribution in [0.15, 0.2) is 16.9 Å². The first-order valence-electron chi connectivity index (χ1n) is 2.40. The Balaban J connectivity index is 2.38. The first-order valence-corrected chi connectivity index (χ1v) is 2.40. The molecule has 0 aromatic carbocycles. The van der Waals surface area contributed by atoms with Gasteiger partial charge in [-0.3, -0.25) is 4.79 Å². The lowest BCUT2D eigenvalue weighted by atomic mass is 10.7. The maximum atomic E-state index is 9.72. The van der Waals surface area contributed by atoms with Crippen LogP contribution in [-0.2, 0) is 4.79 Å². The SMILES string of the molecule is O=CCOc1ccon1. The highest BCUT2D eigenvalue weighted by Gasteiger charge is 1.92. The molecule has 1 heterocycles. The molecule has 0 N–H and O–H groups in total. The lowest BCUT2D eigenvalue weighted by molar-refractivity contribution is -0.109. The van der Waals surface area contributed by atoms with Gasteiger partial charge in [0.15, 0.2) is 6.29 Å². The van der Waals surface area contributed by atoms with Crippen molar-refractivity contribution in [2.24, 2.45) is 0 Å². The molecule has 0 atom stereocenters. The zero-order valence-electron chi connectivity index (χ0n) is 4.61. The normalized spacial score (nSPS) is 8.89. The van der Waals surface area contributed by atoms with Gasteiger partial charge < -0.3 is 9.26 Å². The molecule has 4 heteroatoms. The average Bonchev–Trinajstić information content (AvgIpc) is 2.34. The summed E-state index contributed by atoms with van der Waals surface area (Å²) in [6.45, 7) is 0.0204. The van der Waals surface area contributed by atoms with Crippen LogP contribution in [-0.4, -0.2) is 18.0 Å². The first kappa shape index (κ1) is 5.81. The monoisotopic (exact) mass is 127 g/mol. The summed E-state index contributed by atoms with van der Waals surface area (Å²) < 4.78 is 9.14. The van der Waals surface area contributed by atoms with E-state index in [0.29, 0.717) is 12.2 Å². The number of hydrogen-bond acceptors (Lipinski definition) is 4. The molecule has 9 heavy (non-hydrogen) atoms. The van der Waals surface area contributed by atoms with E-state index in [4.69, 9.17) is 4.74 Å². The van der Waals surface area contributed by atoms with Crippen LogP contribution >= 0.6 is 0 Å². The fourth-order valence-corrected chi connectivity index (χ4v) is 0.395. The molecule has 0 bridgehead atoms. The molecule has 0 radical (unpaired) electrons. The van der Waals surface area contributed by atoms with Crippen molar-refractivity contribution in [1.29, 1.82) is 0 Å². The van der Waals surface area contributed by atoms with Crippen molar-refractivity contribution in [2.45, 2.75) is 0 Å². The highest BCUT2D eigenvalue weighted by molar-refractivity contribution is 5.51. The van der Waals surface area contributed by atoms with Crippen molar-refractivity contribution in [2.75, 3.05) is 6.61 Å². The van der Waals surface area contributed by atoms with Gasteiger partial charge in [-0.25, -0.2) is 0 Å². The Kier molecular flexibility index (Phi) is 1.85. The van der Waals surface area contributed by atoms with Gasteiger partial charge in [-0.1, -0.05) is 0 Å². The molecule has 0 saturated heterocycles. The van der Waals surface area contributed by atoms with Gasteiger partial charge in [0.2, 0.25) is 0 Å². The van der Waals surface area contributed by atoms with Crippen LogP contribution in [0.25, 0.3) is 0 Å². The summed E-state index contributed by atoms with van der Waals surface area (Å²) in [5.41, 5.74) is 0. The topological polar surface area (TPSA) is 52.3 Å². The van der Waals surface area contributed by atoms with Gasteiger partial charge in [0.05, 0.1) is 0 Å². The number of aldehydes is 1. The van der Waals surface area contributed by atoms with Crippen molar-refractivity contribution in [3.63, 3.8) is 0 Å². The van der Waals surface area contributed by atoms with Gasteiger partial charge in [-0.05, 0) is 5.16 Å². The van der Waals surface area contributed by atoms with E-state index in [1.54, 1.807) is 0 Å². The molecule has 0 fully saturated rings. The summed E-state index contributed by atoms with van der Waals surface area (Å²) in [6, 6.07) is 1.53. The van der Waals surface area contributed by atoms with Gasteiger partial charge in [0, 0.05) is 6.07 Å². The van der Waals surface area contributed by atoms with Crippen molar-refractivity contribution >= 4 is 6.29 Å². The van der Waals surface area contributed by atoms with E-state index >= 15 is 0 Å². The second-order valence-corrected chi connectivity index (χ2v) is 1.32. The van der Waals surface area contributed by atoms with Crippen molar-refractivity contribution in [3.05, 3.63) is 12.3 Å². The number of aromatic nitrogens is 1. The van der Waals surface area contributed by atoms with Crippen LogP contribution < -0.4 is 4.74 Å². The Morgan fingerprint density at radius 2 is 2.78 bits per heavy atom. The number of carbonyl (C=O) groups excluding carboxylic acids is 1. The third kappa shape index (κ3) is 1.56. The minimum atomic E-state index is 0.0204. The van der Waals surface area contributed by atoms with E-state index in [1.165, 1.54) is 12.3 Å². The van der Waals surface area contributed by atoms with Crippen LogP contribution in [0.5, 0.6) is 5.88 Å². The third-order valence-electron chi connectivity index (χ3n) is 0.713. The molecule has 4 nitrogen and oxygen atoms in total. The zero-order valence-corrected chi connectivity index (χ0v) is 4.61. The molecule has 0 unspecified atom stereocenters. The largest absolute Gasteiger partial charge is 0.468 e. The summed E-state index contributed by atoms with van der Waals surface area (Å²) in [4.78, 5) is 9.72. The lowest BCUT2D eigenvalue weighted by Gasteiger charge is -1.90. The summed E-state index contributed by atoms with van der Waals surface area (Å²) >= 11 is 0. The second-order valence-electron chi connectivity index (χ2n) is 1.32. The molecule has 1 rings (SSSR count). The van der Waals surface area contributed by atoms with E-state index in [0.717, 1.165) is 0 Å². The number of carbonyl (C=O) groups is 1. The molecule has 0 aliphatic carbocycles. The van der Waals surface area contributed by atoms with Crippen LogP contribution in [0.3, 0.4) is 0 Å². The fraction of sp³-hybridized carbons (Fsp3) is 0.200. The van der Waals surface area contributed by atoms with Crippen molar-refractivity contribution < 1.29 is 14.1 Å². The highest BCUT2D eigenvalue weighted by Crippen LogP contribution is 2.02. The fourth-order valence-electron chi connectivity index (χ4n) is 0.395. The number of hydrogen-bond donors (Lipinski definition) is 0. The quantitative estimate of drug-likeness (QED) is 0.546.